The van der Waals surface area contributed by atoms with E-state index in [0.29, 0.717) is 25.7 Å². The molecule has 0 radical (unpaired) electrons. The average molecular weight is 407 g/mol. The van der Waals surface area contributed by atoms with Gasteiger partial charge in [-0.1, -0.05) is 11.8 Å². The topological polar surface area (TPSA) is 89.9 Å². The number of ether oxygens (including phenoxy) is 2. The van der Waals surface area contributed by atoms with Gasteiger partial charge in [0.05, 0.1) is 0 Å². The van der Waals surface area contributed by atoms with Crippen LogP contribution in [-0.4, -0.2) is 45.7 Å². The number of carbonyl (C=O) groups excluding carboxylic acids is 3. The molecule has 0 aliphatic heterocycles. The summed E-state index contributed by atoms with van der Waals surface area (Å²) in [5, 5.41) is 8.59. The summed E-state index contributed by atoms with van der Waals surface area (Å²) in [6.07, 6.45) is 3.87. The molecular weight excluding hydrogens is 368 g/mol. The van der Waals surface area contributed by atoms with Crippen molar-refractivity contribution in [1.82, 2.24) is 0 Å². The van der Waals surface area contributed by atoms with E-state index in [9.17, 15) is 14.4 Å². The minimum Gasteiger partial charge on any atom is -0.460 e. The molecule has 0 heterocycles. The summed E-state index contributed by atoms with van der Waals surface area (Å²) in [5.74, 6) is 0.448. The molecule has 1 N–H and O–H groups in total. The minimum atomic E-state index is -0.398. The molecule has 27 heavy (non-hydrogen) atoms. The largest absolute Gasteiger partial charge is 0.460 e. The van der Waals surface area contributed by atoms with Crippen LogP contribution in [0, 0.1) is 0 Å². The van der Waals surface area contributed by atoms with Gasteiger partial charge in [-0.2, -0.15) is 0 Å². The molecule has 0 aromatic carbocycles. The molecule has 0 saturated carbocycles. The number of aliphatic hydroxyl groups is 1. The van der Waals surface area contributed by atoms with Crippen molar-refractivity contribution >= 4 is 28.8 Å². The Morgan fingerprint density at radius 2 is 1.19 bits per heavy atom. The first kappa shape index (κ1) is 28.1. The second-order valence-corrected chi connectivity index (χ2v) is 9.42. The Kier molecular flexibility index (Phi) is 15.5. The van der Waals surface area contributed by atoms with Gasteiger partial charge < -0.3 is 14.6 Å². The number of hydrogen-bond acceptors (Lipinski definition) is 7. The van der Waals surface area contributed by atoms with E-state index in [2.05, 4.69) is 0 Å². The summed E-state index contributed by atoms with van der Waals surface area (Å²) in [4.78, 5) is 32.9. The molecular formula is C20H38O6S. The average Bonchev–Trinajstić information content (AvgIpc) is 2.43. The molecule has 0 fully saturated rings. The zero-order valence-electron chi connectivity index (χ0n) is 18.1. The fourth-order valence-corrected chi connectivity index (χ4v) is 2.39. The fraction of sp³-hybridized carbons (Fsp3) is 0.850. The standard InChI is InChI=1S/C11H20O3S.C9H18O3/c1-9(12)15-8-6-5-7-10(13)14-11(2,3)4;1-9(2,3)12-8(11)6-4-5-7-10/h5-8H2,1-4H3;10H,4-7H2,1-3H3. The van der Waals surface area contributed by atoms with Gasteiger partial charge in [0, 0.05) is 32.1 Å². The van der Waals surface area contributed by atoms with Crippen molar-refractivity contribution < 1.29 is 29.0 Å². The highest BCUT2D eigenvalue weighted by Crippen LogP contribution is 2.12. The Morgan fingerprint density at radius 3 is 1.52 bits per heavy atom. The summed E-state index contributed by atoms with van der Waals surface area (Å²) in [7, 11) is 0. The van der Waals surface area contributed by atoms with E-state index in [1.54, 1.807) is 6.92 Å². The maximum atomic E-state index is 11.3. The predicted octanol–water partition coefficient (Wildman–Crippen LogP) is 4.27. The Balaban J connectivity index is 0. The monoisotopic (exact) mass is 406 g/mol. The van der Waals surface area contributed by atoms with E-state index in [-0.39, 0.29) is 23.7 Å². The van der Waals surface area contributed by atoms with Gasteiger partial charge in [0.2, 0.25) is 0 Å². The highest BCUT2D eigenvalue weighted by Gasteiger charge is 2.16. The van der Waals surface area contributed by atoms with Crippen LogP contribution < -0.4 is 0 Å². The molecule has 0 spiro atoms. The number of hydrogen-bond donors (Lipinski definition) is 1. The molecule has 6 nitrogen and oxygen atoms in total. The highest BCUT2D eigenvalue weighted by molar-refractivity contribution is 8.13. The van der Waals surface area contributed by atoms with Crippen LogP contribution in [0.2, 0.25) is 0 Å². The summed E-state index contributed by atoms with van der Waals surface area (Å²) >= 11 is 1.31. The van der Waals surface area contributed by atoms with Gasteiger partial charge in [-0.15, -0.1) is 0 Å². The first-order valence-corrected chi connectivity index (χ1v) is 10.4. The molecule has 0 atom stereocenters. The van der Waals surface area contributed by atoms with Crippen LogP contribution in [0.5, 0.6) is 0 Å². The second kappa shape index (κ2) is 14.9. The molecule has 0 aromatic rings. The number of aliphatic hydroxyl groups excluding tert-OH is 1. The van der Waals surface area contributed by atoms with Crippen molar-refractivity contribution in [2.45, 2.75) is 98.2 Å². The summed E-state index contributed by atoms with van der Waals surface area (Å²) in [6.45, 7) is 12.8. The van der Waals surface area contributed by atoms with Gasteiger partial charge >= 0.3 is 11.9 Å². The summed E-state index contributed by atoms with van der Waals surface area (Å²) in [6, 6.07) is 0. The molecule has 160 valence electrons. The first-order valence-electron chi connectivity index (χ1n) is 9.45. The van der Waals surface area contributed by atoms with Crippen LogP contribution >= 0.6 is 11.8 Å². The van der Waals surface area contributed by atoms with Gasteiger partial charge in [-0.25, -0.2) is 0 Å². The van der Waals surface area contributed by atoms with Gasteiger partial charge in [0.15, 0.2) is 5.12 Å². The number of rotatable bonds is 9. The molecule has 0 rings (SSSR count). The zero-order valence-corrected chi connectivity index (χ0v) is 18.9. The third kappa shape index (κ3) is 27.2. The number of unbranched alkanes of at least 4 members (excludes halogenated alkanes) is 2. The van der Waals surface area contributed by atoms with E-state index in [1.165, 1.54) is 11.8 Å². The Labute approximate surface area is 168 Å². The number of thioether (sulfide) groups is 1. The highest BCUT2D eigenvalue weighted by atomic mass is 32.2. The van der Waals surface area contributed by atoms with Crippen molar-refractivity contribution in [3.8, 4) is 0 Å². The SMILES string of the molecule is CC(=O)SCCCCC(=O)OC(C)(C)C.CC(C)(C)OC(=O)CCCCO. The number of esters is 2. The molecule has 0 amide bonds. The lowest BCUT2D eigenvalue weighted by Crippen LogP contribution is -2.23. The van der Waals surface area contributed by atoms with E-state index >= 15 is 0 Å². The van der Waals surface area contributed by atoms with Gasteiger partial charge in [0.1, 0.15) is 11.2 Å². The Bertz CT molecular complexity index is 435. The van der Waals surface area contributed by atoms with Gasteiger partial charge in [-0.3, -0.25) is 14.4 Å². The van der Waals surface area contributed by atoms with Crippen molar-refractivity contribution in [2.24, 2.45) is 0 Å². The van der Waals surface area contributed by atoms with Gasteiger partial charge in [-0.05, 0) is 67.2 Å². The predicted molar refractivity (Wildman–Crippen MR) is 110 cm³/mol. The molecule has 0 aliphatic rings. The van der Waals surface area contributed by atoms with Crippen LogP contribution in [0.3, 0.4) is 0 Å². The van der Waals surface area contributed by atoms with Crippen LogP contribution in [0.4, 0.5) is 0 Å². The van der Waals surface area contributed by atoms with Crippen LogP contribution in [-0.2, 0) is 23.9 Å². The fourth-order valence-electron chi connectivity index (χ4n) is 1.75. The van der Waals surface area contributed by atoms with E-state index in [0.717, 1.165) is 18.6 Å². The minimum absolute atomic E-state index is 0.132. The third-order valence-corrected chi connectivity index (χ3v) is 3.61. The van der Waals surface area contributed by atoms with E-state index in [4.69, 9.17) is 14.6 Å². The molecule has 0 bridgehead atoms. The molecule has 0 aromatic heterocycles. The van der Waals surface area contributed by atoms with Crippen molar-refractivity contribution in [3.05, 3.63) is 0 Å². The lowest BCUT2D eigenvalue weighted by molar-refractivity contribution is -0.156. The molecule has 7 heteroatoms. The Morgan fingerprint density at radius 1 is 0.778 bits per heavy atom. The molecule has 0 saturated heterocycles. The Hall–Kier alpha value is -1.08. The lowest BCUT2D eigenvalue weighted by atomic mass is 10.2. The van der Waals surface area contributed by atoms with Crippen LogP contribution in [0.25, 0.3) is 0 Å². The first-order chi connectivity index (χ1) is 12.3. The summed E-state index contributed by atoms with van der Waals surface area (Å²) < 4.78 is 10.2. The molecule has 0 unspecified atom stereocenters. The number of carbonyl (C=O) groups is 3. The van der Waals surface area contributed by atoms with E-state index in [1.807, 2.05) is 41.5 Å². The van der Waals surface area contributed by atoms with E-state index < -0.39 is 11.2 Å². The zero-order chi connectivity index (χ0) is 21.5. The smallest absolute Gasteiger partial charge is 0.306 e. The normalized spacial score (nSPS) is 11.3. The lowest BCUT2D eigenvalue weighted by Gasteiger charge is -2.19. The second-order valence-electron chi connectivity index (χ2n) is 8.15. The summed E-state index contributed by atoms with van der Waals surface area (Å²) in [5.41, 5.74) is -0.790. The van der Waals surface area contributed by atoms with Crippen LogP contribution in [0.15, 0.2) is 0 Å². The molecule has 0 aliphatic carbocycles. The van der Waals surface area contributed by atoms with Gasteiger partial charge in [0.25, 0.3) is 0 Å². The quantitative estimate of drug-likeness (QED) is 0.452. The maximum absolute atomic E-state index is 11.3. The van der Waals surface area contributed by atoms with Crippen molar-refractivity contribution in [2.75, 3.05) is 12.4 Å². The van der Waals surface area contributed by atoms with Crippen LogP contribution in [0.1, 0.15) is 87.0 Å². The third-order valence-electron chi connectivity index (χ3n) is 2.71. The maximum Gasteiger partial charge on any atom is 0.306 e. The van der Waals surface area contributed by atoms with Crippen molar-refractivity contribution in [1.29, 1.82) is 0 Å². The van der Waals surface area contributed by atoms with Crippen molar-refractivity contribution in [3.63, 3.8) is 0 Å².